The number of carbonyl (C=O) groups is 3. The van der Waals surface area contributed by atoms with E-state index in [9.17, 15) is 19.5 Å². The zero-order valence-electron chi connectivity index (χ0n) is 33.9. The molecular formula is C45H53FN9O5+. The minimum atomic E-state index is -1.35. The number of para-hydroxylation sites is 1. The first-order valence-electron chi connectivity index (χ1n) is 21.0. The van der Waals surface area contributed by atoms with E-state index in [2.05, 4.69) is 43.4 Å². The number of allylic oxidation sites excluding steroid dienone is 1. The van der Waals surface area contributed by atoms with Crippen LogP contribution in [0.25, 0.3) is 16.6 Å². The quantitative estimate of drug-likeness (QED) is 0.165. The third-order valence-electron chi connectivity index (χ3n) is 13.0. The molecule has 1 aromatic heterocycles. The number of nitrogens with two attached hydrogens (primary N) is 2. The van der Waals surface area contributed by atoms with E-state index in [4.69, 9.17) is 10.5 Å². The van der Waals surface area contributed by atoms with Crippen molar-refractivity contribution in [3.05, 3.63) is 113 Å². The maximum atomic E-state index is 16.3. The van der Waals surface area contributed by atoms with Crippen LogP contribution in [0.4, 0.5) is 14.9 Å². The number of halogens is 1. The molecule has 4 amide bonds. The minimum absolute atomic E-state index is 0.0875. The van der Waals surface area contributed by atoms with Gasteiger partial charge in [0.15, 0.2) is 11.5 Å². The van der Waals surface area contributed by atoms with Crippen molar-refractivity contribution in [2.75, 3.05) is 63.9 Å². The molecule has 60 heavy (non-hydrogen) atoms. The molecule has 4 aromatic rings. The number of anilines is 1. The predicted molar refractivity (Wildman–Crippen MR) is 225 cm³/mol. The lowest BCUT2D eigenvalue weighted by atomic mass is 9.91. The Morgan fingerprint density at radius 1 is 0.983 bits per heavy atom. The number of aromatic hydroxyl groups is 1. The molecule has 3 aromatic carbocycles. The second kappa shape index (κ2) is 16.3. The molecule has 6 heterocycles. The van der Waals surface area contributed by atoms with Gasteiger partial charge in [0.25, 0.3) is 5.91 Å². The Balaban J connectivity index is 0.763. The van der Waals surface area contributed by atoms with E-state index in [1.165, 1.54) is 0 Å². The molecule has 4 saturated heterocycles. The molecule has 7 N–H and O–H groups in total. The number of nitrogens with zero attached hydrogens (tertiary/aromatic N) is 5. The predicted octanol–water partition coefficient (Wildman–Crippen LogP) is 4.01. The number of nitrogens with one attached hydrogen (secondary N) is 2. The number of phenols is 1. The van der Waals surface area contributed by atoms with Crippen molar-refractivity contribution in [3.63, 3.8) is 0 Å². The molecule has 9 rings (SSSR count). The Hall–Kier alpha value is -5.90. The van der Waals surface area contributed by atoms with Crippen molar-refractivity contribution in [2.45, 2.75) is 56.8 Å². The molecular weight excluding hydrogens is 766 g/mol. The number of hydrogen-bond acceptors (Lipinski definition) is 9. The zero-order chi connectivity index (χ0) is 41.5. The number of likely N-dealkylation sites (tertiary alicyclic amines) is 2. The fraction of sp³-hybridized carbons (Fsp3) is 0.400. The van der Waals surface area contributed by atoms with Gasteiger partial charge in [-0.3, -0.25) is 19.8 Å². The van der Waals surface area contributed by atoms with Crippen LogP contribution in [0.15, 0.2) is 90.5 Å². The van der Waals surface area contributed by atoms with Crippen LogP contribution in [0.5, 0.6) is 5.75 Å². The lowest BCUT2D eigenvalue weighted by Gasteiger charge is -2.41. The van der Waals surface area contributed by atoms with Crippen LogP contribution >= 0.6 is 0 Å². The number of urea groups is 1. The highest BCUT2D eigenvalue weighted by Crippen LogP contribution is 2.36. The van der Waals surface area contributed by atoms with E-state index in [1.807, 2.05) is 55.5 Å². The van der Waals surface area contributed by atoms with E-state index in [0.717, 1.165) is 65.0 Å². The number of benzene rings is 3. The van der Waals surface area contributed by atoms with Gasteiger partial charge < -0.3 is 34.8 Å². The van der Waals surface area contributed by atoms with Gasteiger partial charge in [0.2, 0.25) is 5.91 Å². The third-order valence-corrected chi connectivity index (χ3v) is 13.0. The first kappa shape index (κ1) is 39.6. The Kier molecular flexibility index (Phi) is 10.7. The van der Waals surface area contributed by atoms with Crippen LogP contribution in [0, 0.1) is 6.92 Å². The molecule has 314 valence electrons. The molecule has 0 saturated carbocycles. The number of fused-ring (bicyclic) bond motifs is 1. The number of aromatic nitrogens is 1. The van der Waals surface area contributed by atoms with Crippen LogP contribution in [-0.2, 0) is 9.53 Å². The van der Waals surface area contributed by atoms with Crippen molar-refractivity contribution < 1.29 is 34.0 Å². The van der Waals surface area contributed by atoms with Gasteiger partial charge in [-0.25, -0.2) is 20.0 Å². The van der Waals surface area contributed by atoms with Crippen molar-refractivity contribution in [1.29, 1.82) is 0 Å². The highest BCUT2D eigenvalue weighted by Gasteiger charge is 2.39. The van der Waals surface area contributed by atoms with Gasteiger partial charge in [0, 0.05) is 112 Å². The second-order valence-corrected chi connectivity index (χ2v) is 16.7. The number of hydrogen-bond donors (Lipinski definition) is 5. The third kappa shape index (κ3) is 7.80. The number of ether oxygens (including phenoxy) is 1. The summed E-state index contributed by atoms with van der Waals surface area (Å²) in [5, 5.41) is 13.9. The molecule has 4 fully saturated rings. The summed E-state index contributed by atoms with van der Waals surface area (Å²) >= 11 is 0. The monoisotopic (exact) mass is 818 g/mol. The topological polar surface area (TPSA) is 165 Å². The number of morpholine rings is 1. The van der Waals surface area contributed by atoms with Crippen LogP contribution < -0.4 is 26.8 Å². The first-order chi connectivity index (χ1) is 29.0. The van der Waals surface area contributed by atoms with Crippen LogP contribution in [-0.4, -0.2) is 107 Å². The summed E-state index contributed by atoms with van der Waals surface area (Å²) < 4.78 is 24.8. The summed E-state index contributed by atoms with van der Waals surface area (Å²) in [6.45, 7) is 6.80. The standard InChI is InChI=1S/C45H52FN9O5/c1-29-33-14-20-54(37(33)11-10-36(29)55-21-15-41(57)48-44(55)59)32-12-18-51(19-13-32)28-45(46)16-22-52(23-17-45)43(58)31-8-6-30(7-9-31)40-27-53(24-25-60-40)38-26-35(49-50-42(38)47)34-4-2-3-5-39(34)56/h2-11,14,20,26,32,40,49-50,56H,12-13,15-19,21-25,27-28,47H2,1H3,(H,48,57,59)/p+1/t40-/m0/s1. The van der Waals surface area contributed by atoms with Gasteiger partial charge in [0.1, 0.15) is 17.5 Å². The van der Waals surface area contributed by atoms with Crippen molar-refractivity contribution in [1.82, 2.24) is 30.0 Å². The summed E-state index contributed by atoms with van der Waals surface area (Å²) in [7, 11) is 0. The van der Waals surface area contributed by atoms with Crippen molar-refractivity contribution >= 4 is 40.1 Å². The van der Waals surface area contributed by atoms with Gasteiger partial charge in [-0.15, -0.1) is 0 Å². The Labute approximate surface area is 348 Å². The molecule has 5 aliphatic rings. The highest BCUT2D eigenvalue weighted by atomic mass is 19.1. The van der Waals surface area contributed by atoms with E-state index >= 15 is 4.39 Å². The summed E-state index contributed by atoms with van der Waals surface area (Å²) in [5.74, 6) is 0.388. The molecule has 0 unspecified atom stereocenters. The minimum Gasteiger partial charge on any atom is -0.507 e. The summed E-state index contributed by atoms with van der Waals surface area (Å²) in [5.41, 5.74) is 16.8. The highest BCUT2D eigenvalue weighted by molar-refractivity contribution is 6.07. The van der Waals surface area contributed by atoms with Crippen molar-refractivity contribution in [2.24, 2.45) is 5.73 Å². The fourth-order valence-electron chi connectivity index (χ4n) is 9.53. The molecule has 0 radical (unpaired) electrons. The Morgan fingerprint density at radius 3 is 2.50 bits per heavy atom. The lowest BCUT2D eigenvalue weighted by Crippen LogP contribution is -2.91. The molecule has 0 spiro atoms. The van der Waals surface area contributed by atoms with Gasteiger partial charge in [-0.2, -0.15) is 0 Å². The number of imide groups is 1. The number of alkyl halides is 1. The number of aryl methyl sites for hydroxylation is 1. The number of piperidine rings is 2. The first-order valence-corrected chi connectivity index (χ1v) is 21.0. The molecule has 0 aliphatic carbocycles. The number of amides is 4. The van der Waals surface area contributed by atoms with E-state index in [-0.39, 0.29) is 42.2 Å². The second-order valence-electron chi connectivity index (χ2n) is 16.7. The SMILES string of the molecule is Cc1c(N2CCC(=O)NC2=O)ccc2c1ccn2C1CCN(CC2(F)CCN(C(=O)c3ccc([C@@H]4CN(C5=C(N)N[NH2+]C(c6ccccc6O)=C5)CCO4)cc3)CC2)CC1. The largest absolute Gasteiger partial charge is 0.507 e. The average molecular weight is 819 g/mol. The van der Waals surface area contributed by atoms with E-state index in [1.54, 1.807) is 27.4 Å². The van der Waals surface area contributed by atoms with Crippen molar-refractivity contribution in [3.8, 4) is 5.75 Å². The average Bonchev–Trinajstić information content (AvgIpc) is 3.70. The Bertz CT molecular complexity index is 2360. The normalized spacial score (nSPS) is 21.9. The number of rotatable bonds is 8. The maximum absolute atomic E-state index is 16.3. The van der Waals surface area contributed by atoms with Gasteiger partial charge >= 0.3 is 6.03 Å². The summed E-state index contributed by atoms with van der Waals surface area (Å²) in [6, 6.07) is 20.8. The van der Waals surface area contributed by atoms with E-state index < -0.39 is 5.67 Å². The van der Waals surface area contributed by atoms with Gasteiger partial charge in [-0.05, 0) is 73.4 Å². The van der Waals surface area contributed by atoms with Crippen LogP contribution in [0.3, 0.4) is 0 Å². The lowest BCUT2D eigenvalue weighted by molar-refractivity contribution is -0.619. The van der Waals surface area contributed by atoms with Gasteiger partial charge in [0.05, 0.1) is 17.9 Å². The van der Waals surface area contributed by atoms with E-state index in [0.29, 0.717) is 75.7 Å². The fourth-order valence-corrected chi connectivity index (χ4v) is 9.53. The van der Waals surface area contributed by atoms with Gasteiger partial charge in [-0.1, -0.05) is 24.3 Å². The molecule has 1 atom stereocenters. The summed E-state index contributed by atoms with van der Waals surface area (Å²) in [6.07, 6.45) is 6.57. The molecule has 5 aliphatic heterocycles. The zero-order valence-corrected chi connectivity index (χ0v) is 33.9. The summed E-state index contributed by atoms with van der Waals surface area (Å²) in [4.78, 5) is 45.6. The maximum Gasteiger partial charge on any atom is 0.328 e. The molecule has 14 nitrogen and oxygen atoms in total. The number of phenolic OH excluding ortho intramolecular Hbond substituents is 1. The van der Waals surface area contributed by atoms with Crippen LogP contribution in [0.2, 0.25) is 0 Å². The number of carbonyl (C=O) groups excluding carboxylic acids is 3. The molecule has 15 heteroatoms. The smallest absolute Gasteiger partial charge is 0.328 e. The number of quaternary nitrogens is 1. The van der Waals surface area contributed by atoms with Crippen LogP contribution in [0.1, 0.15) is 71.3 Å². The molecule has 0 bridgehead atoms. The Morgan fingerprint density at radius 2 is 1.75 bits per heavy atom.